The minimum atomic E-state index is -0.235. The normalized spacial score (nSPS) is 10.7. The van der Waals surface area contributed by atoms with Crippen LogP contribution in [0.15, 0.2) is 42.5 Å². The molecule has 2 rings (SSSR count). The number of carbonyl (C=O) groups is 1. The van der Waals surface area contributed by atoms with Gasteiger partial charge in [0, 0.05) is 17.8 Å². The summed E-state index contributed by atoms with van der Waals surface area (Å²) in [7, 11) is 1.61. The molecule has 0 aliphatic rings. The molecule has 0 heterocycles. The number of nitrogens with one attached hydrogen (secondary N) is 1. The largest absolute Gasteiger partial charge is 0.496 e. The summed E-state index contributed by atoms with van der Waals surface area (Å²) >= 11 is 0. The van der Waals surface area contributed by atoms with Crippen molar-refractivity contribution in [3.05, 3.63) is 59.2 Å². The summed E-state index contributed by atoms with van der Waals surface area (Å²) in [6, 6.07) is 13.4. The van der Waals surface area contributed by atoms with Gasteiger partial charge in [-0.25, -0.2) is 4.79 Å². The van der Waals surface area contributed by atoms with Gasteiger partial charge in [0.2, 0.25) is 0 Å². The molecule has 0 saturated heterocycles. The lowest BCUT2D eigenvalue weighted by Gasteiger charge is -2.25. The quantitative estimate of drug-likeness (QED) is 0.783. The second-order valence-corrected chi connectivity index (χ2v) is 6.58. The smallest absolute Gasteiger partial charge is 0.322 e. The number of rotatable bonds is 7. The van der Waals surface area contributed by atoms with Crippen molar-refractivity contribution in [1.29, 1.82) is 0 Å². The van der Waals surface area contributed by atoms with Gasteiger partial charge in [-0.05, 0) is 30.0 Å². The molecule has 0 unspecified atom stereocenters. The van der Waals surface area contributed by atoms with E-state index in [2.05, 4.69) is 19.2 Å². The van der Waals surface area contributed by atoms with Crippen LogP contribution in [0, 0.1) is 6.92 Å². The number of hydrogen-bond donors (Lipinski definition) is 2. The number of aliphatic hydroxyl groups is 1. The molecular formula is C21H28N2O3. The van der Waals surface area contributed by atoms with Crippen LogP contribution < -0.4 is 10.1 Å². The molecule has 0 saturated carbocycles. The first kappa shape index (κ1) is 19.8. The number of nitrogens with zero attached hydrogens (tertiary/aromatic N) is 1. The van der Waals surface area contributed by atoms with Crippen molar-refractivity contribution in [2.45, 2.75) is 33.2 Å². The number of carbonyl (C=O) groups excluding carboxylic acids is 1. The lowest BCUT2D eigenvalue weighted by atomic mass is 9.98. The SMILES string of the molecule is COc1ccccc1CN(CCO)C(=O)Nc1c(C)cccc1C(C)C. The summed E-state index contributed by atoms with van der Waals surface area (Å²) in [5.41, 5.74) is 3.85. The van der Waals surface area contributed by atoms with Crippen LogP contribution in [0.4, 0.5) is 10.5 Å². The van der Waals surface area contributed by atoms with Crippen LogP contribution >= 0.6 is 0 Å². The summed E-state index contributed by atoms with van der Waals surface area (Å²) in [6.07, 6.45) is 0. The predicted molar refractivity (Wildman–Crippen MR) is 105 cm³/mol. The van der Waals surface area contributed by atoms with Crippen LogP contribution in [0.2, 0.25) is 0 Å². The monoisotopic (exact) mass is 356 g/mol. The van der Waals surface area contributed by atoms with Crippen LogP contribution in [-0.4, -0.2) is 36.3 Å². The molecule has 5 heteroatoms. The minimum absolute atomic E-state index is 0.104. The third-order valence-electron chi connectivity index (χ3n) is 4.37. The number of aryl methyl sites for hydroxylation is 1. The fourth-order valence-corrected chi connectivity index (χ4v) is 2.94. The highest BCUT2D eigenvalue weighted by atomic mass is 16.5. The van der Waals surface area contributed by atoms with E-state index in [1.54, 1.807) is 12.0 Å². The van der Waals surface area contributed by atoms with Crippen LogP contribution in [0.1, 0.15) is 36.5 Å². The van der Waals surface area contributed by atoms with Crippen LogP contribution in [-0.2, 0) is 6.54 Å². The molecule has 2 aromatic rings. The zero-order valence-electron chi connectivity index (χ0n) is 16.0. The van der Waals surface area contributed by atoms with E-state index >= 15 is 0 Å². The Hall–Kier alpha value is -2.53. The van der Waals surface area contributed by atoms with Crippen molar-refractivity contribution < 1.29 is 14.6 Å². The zero-order chi connectivity index (χ0) is 19.1. The molecule has 0 bridgehead atoms. The van der Waals surface area contributed by atoms with Gasteiger partial charge in [0.1, 0.15) is 5.75 Å². The van der Waals surface area contributed by atoms with E-state index in [4.69, 9.17) is 4.74 Å². The summed E-state index contributed by atoms with van der Waals surface area (Å²) in [6.45, 7) is 6.69. The number of benzene rings is 2. The summed E-state index contributed by atoms with van der Waals surface area (Å²) in [5, 5.41) is 12.4. The molecule has 0 radical (unpaired) electrons. The summed E-state index contributed by atoms with van der Waals surface area (Å²) in [4.78, 5) is 14.5. The first-order valence-corrected chi connectivity index (χ1v) is 8.86. The van der Waals surface area contributed by atoms with Crippen molar-refractivity contribution in [3.8, 4) is 5.75 Å². The van der Waals surface area contributed by atoms with Crippen molar-refractivity contribution in [1.82, 2.24) is 4.90 Å². The molecule has 0 aromatic heterocycles. The minimum Gasteiger partial charge on any atom is -0.496 e. The predicted octanol–water partition coefficient (Wildman–Crippen LogP) is 4.15. The van der Waals surface area contributed by atoms with E-state index in [1.165, 1.54) is 0 Å². The number of hydrogen-bond acceptors (Lipinski definition) is 3. The molecular weight excluding hydrogens is 328 g/mol. The fraction of sp³-hybridized carbons (Fsp3) is 0.381. The van der Waals surface area contributed by atoms with Crippen molar-refractivity contribution in [2.75, 3.05) is 25.6 Å². The van der Waals surface area contributed by atoms with E-state index in [9.17, 15) is 9.90 Å². The zero-order valence-corrected chi connectivity index (χ0v) is 16.0. The standard InChI is InChI=1S/C21H28N2O3/c1-15(2)18-10-7-8-16(3)20(18)22-21(25)23(12-13-24)14-17-9-5-6-11-19(17)26-4/h5-11,15,24H,12-14H2,1-4H3,(H,22,25). The average molecular weight is 356 g/mol. The van der Waals surface area contributed by atoms with Crippen molar-refractivity contribution >= 4 is 11.7 Å². The van der Waals surface area contributed by atoms with Gasteiger partial charge in [0.15, 0.2) is 0 Å². The number of aliphatic hydroxyl groups excluding tert-OH is 1. The van der Waals surface area contributed by atoms with Gasteiger partial charge in [-0.1, -0.05) is 50.2 Å². The molecule has 140 valence electrons. The molecule has 5 nitrogen and oxygen atoms in total. The highest BCUT2D eigenvalue weighted by molar-refractivity contribution is 5.91. The third kappa shape index (κ3) is 4.76. The molecule has 2 amide bonds. The Morgan fingerprint density at radius 1 is 1.19 bits per heavy atom. The molecule has 0 aliphatic carbocycles. The molecule has 0 atom stereocenters. The number of anilines is 1. The highest BCUT2D eigenvalue weighted by Crippen LogP contribution is 2.28. The Morgan fingerprint density at radius 3 is 2.58 bits per heavy atom. The molecule has 0 aliphatic heterocycles. The second-order valence-electron chi connectivity index (χ2n) is 6.58. The Kier molecular flexibility index (Phi) is 7.04. The number of para-hydroxylation sites is 2. The van der Waals surface area contributed by atoms with Gasteiger partial charge >= 0.3 is 6.03 Å². The Labute approximate surface area is 155 Å². The van der Waals surface area contributed by atoms with E-state index in [-0.39, 0.29) is 19.2 Å². The molecule has 0 fully saturated rings. The Morgan fingerprint density at radius 2 is 1.92 bits per heavy atom. The number of ether oxygens (including phenoxy) is 1. The Balaban J connectivity index is 2.24. The molecule has 2 N–H and O–H groups in total. The molecule has 2 aromatic carbocycles. The molecule has 26 heavy (non-hydrogen) atoms. The first-order chi connectivity index (χ1) is 12.5. The number of methoxy groups -OCH3 is 1. The van der Waals surface area contributed by atoms with E-state index < -0.39 is 0 Å². The maximum absolute atomic E-state index is 12.9. The van der Waals surface area contributed by atoms with Crippen LogP contribution in [0.3, 0.4) is 0 Å². The average Bonchev–Trinajstić information content (AvgIpc) is 2.63. The molecule has 0 spiro atoms. The fourth-order valence-electron chi connectivity index (χ4n) is 2.94. The summed E-state index contributed by atoms with van der Waals surface area (Å²) < 4.78 is 5.37. The van der Waals surface area contributed by atoms with Crippen molar-refractivity contribution in [3.63, 3.8) is 0 Å². The van der Waals surface area contributed by atoms with Crippen LogP contribution in [0.25, 0.3) is 0 Å². The van der Waals surface area contributed by atoms with Gasteiger partial charge < -0.3 is 20.1 Å². The lowest BCUT2D eigenvalue weighted by molar-refractivity contribution is 0.184. The van der Waals surface area contributed by atoms with Gasteiger partial charge in [0.25, 0.3) is 0 Å². The number of amides is 2. The Bertz CT molecular complexity index is 744. The lowest BCUT2D eigenvalue weighted by Crippen LogP contribution is -2.37. The first-order valence-electron chi connectivity index (χ1n) is 8.86. The second kappa shape index (κ2) is 9.25. The van der Waals surface area contributed by atoms with E-state index in [1.807, 2.05) is 49.4 Å². The highest BCUT2D eigenvalue weighted by Gasteiger charge is 2.18. The maximum atomic E-state index is 12.9. The third-order valence-corrected chi connectivity index (χ3v) is 4.37. The van der Waals surface area contributed by atoms with Crippen molar-refractivity contribution in [2.24, 2.45) is 0 Å². The van der Waals surface area contributed by atoms with Gasteiger partial charge in [0.05, 0.1) is 20.3 Å². The van der Waals surface area contributed by atoms with Gasteiger partial charge in [-0.3, -0.25) is 0 Å². The summed E-state index contributed by atoms with van der Waals surface area (Å²) in [5.74, 6) is 1.02. The van der Waals surface area contributed by atoms with Gasteiger partial charge in [-0.15, -0.1) is 0 Å². The van der Waals surface area contributed by atoms with Crippen LogP contribution in [0.5, 0.6) is 5.75 Å². The topological polar surface area (TPSA) is 61.8 Å². The maximum Gasteiger partial charge on any atom is 0.322 e. The van der Waals surface area contributed by atoms with Gasteiger partial charge in [-0.2, -0.15) is 0 Å². The van der Waals surface area contributed by atoms with E-state index in [0.29, 0.717) is 12.5 Å². The number of urea groups is 1. The van der Waals surface area contributed by atoms with E-state index in [0.717, 1.165) is 28.1 Å².